The molecule has 0 fully saturated rings. The van der Waals surface area contributed by atoms with E-state index in [1.165, 1.54) is 4.90 Å². The van der Waals surface area contributed by atoms with E-state index in [2.05, 4.69) is 15.9 Å². The average molecular weight is 382 g/mol. The number of carbonyl (C=O) groups is 2. The molecule has 1 heterocycles. The summed E-state index contributed by atoms with van der Waals surface area (Å²) in [6.07, 6.45) is 0.938. The summed E-state index contributed by atoms with van der Waals surface area (Å²) in [6, 6.07) is 11.4. The van der Waals surface area contributed by atoms with Crippen molar-refractivity contribution >= 4 is 39.1 Å². The van der Waals surface area contributed by atoms with Gasteiger partial charge in [0.05, 0.1) is 0 Å². The zero-order valence-corrected chi connectivity index (χ0v) is 14.3. The number of amides is 1. The number of halogens is 1. The highest BCUT2D eigenvalue weighted by molar-refractivity contribution is 9.10. The van der Waals surface area contributed by atoms with E-state index in [1.54, 1.807) is 11.3 Å². The number of aliphatic carboxylic acids is 1. The van der Waals surface area contributed by atoms with E-state index in [-0.39, 0.29) is 12.5 Å². The Kier molecular flexibility index (Phi) is 6.15. The lowest BCUT2D eigenvalue weighted by molar-refractivity contribution is -0.144. The van der Waals surface area contributed by atoms with Crippen molar-refractivity contribution in [2.24, 2.45) is 0 Å². The molecule has 0 radical (unpaired) electrons. The highest BCUT2D eigenvalue weighted by atomic mass is 79.9. The summed E-state index contributed by atoms with van der Waals surface area (Å²) in [7, 11) is 0. The number of thiophene rings is 1. The maximum atomic E-state index is 12.3. The number of rotatable bonds is 7. The molecule has 116 valence electrons. The first-order chi connectivity index (χ1) is 10.5. The van der Waals surface area contributed by atoms with Crippen LogP contribution in [-0.2, 0) is 22.6 Å². The second-order valence-electron chi connectivity index (χ2n) is 4.86. The molecule has 0 aliphatic carbocycles. The van der Waals surface area contributed by atoms with Gasteiger partial charge in [-0.05, 0) is 34.0 Å². The molecular weight excluding hydrogens is 366 g/mol. The number of carboxylic acids is 1. The number of nitrogens with zero attached hydrogens (tertiary/aromatic N) is 1. The highest BCUT2D eigenvalue weighted by Gasteiger charge is 2.17. The molecule has 0 saturated heterocycles. The number of carbonyl (C=O) groups excluding carboxylic acids is 1. The second kappa shape index (κ2) is 8.10. The Bertz CT molecular complexity index is 642. The van der Waals surface area contributed by atoms with Gasteiger partial charge < -0.3 is 10.0 Å². The van der Waals surface area contributed by atoms with Crippen LogP contribution in [0.25, 0.3) is 0 Å². The van der Waals surface area contributed by atoms with Crippen LogP contribution in [0.3, 0.4) is 0 Å². The standard InChI is InChI=1S/C16H16BrNO3S/c17-13-8-14(22-11-13)6-7-15(19)18(10-16(20)21)9-12-4-2-1-3-5-12/h1-5,8,11H,6-7,9-10H2,(H,20,21). The molecule has 0 spiro atoms. The first-order valence-corrected chi connectivity index (χ1v) is 8.48. The SMILES string of the molecule is O=C(O)CN(Cc1ccccc1)C(=O)CCc1cc(Br)cs1. The average Bonchev–Trinajstić information content (AvgIpc) is 2.90. The third-order valence-corrected chi connectivity index (χ3v) is 4.86. The van der Waals surface area contributed by atoms with Crippen LogP contribution >= 0.6 is 27.3 Å². The minimum absolute atomic E-state index is 0.143. The Balaban J connectivity index is 1.97. The maximum absolute atomic E-state index is 12.3. The molecule has 0 saturated carbocycles. The van der Waals surface area contributed by atoms with Crippen LogP contribution in [0, 0.1) is 0 Å². The van der Waals surface area contributed by atoms with Crippen LogP contribution in [0.5, 0.6) is 0 Å². The van der Waals surface area contributed by atoms with Gasteiger partial charge in [-0.3, -0.25) is 9.59 Å². The minimum atomic E-state index is -0.997. The first kappa shape index (κ1) is 16.7. The van der Waals surface area contributed by atoms with E-state index < -0.39 is 5.97 Å². The summed E-state index contributed by atoms with van der Waals surface area (Å²) in [5.41, 5.74) is 0.927. The van der Waals surface area contributed by atoms with E-state index in [9.17, 15) is 9.59 Å². The summed E-state index contributed by atoms with van der Waals surface area (Å²) in [4.78, 5) is 25.8. The number of hydrogen-bond acceptors (Lipinski definition) is 3. The fourth-order valence-electron chi connectivity index (χ4n) is 2.07. The van der Waals surface area contributed by atoms with Gasteiger partial charge in [0.1, 0.15) is 6.54 Å². The van der Waals surface area contributed by atoms with E-state index in [1.807, 2.05) is 41.8 Å². The first-order valence-electron chi connectivity index (χ1n) is 6.81. The Morgan fingerprint density at radius 1 is 1.23 bits per heavy atom. The number of benzene rings is 1. The van der Waals surface area contributed by atoms with Gasteiger partial charge in [0, 0.05) is 27.7 Å². The fraction of sp³-hybridized carbons (Fsp3) is 0.250. The van der Waals surface area contributed by atoms with Gasteiger partial charge in [0.2, 0.25) is 5.91 Å². The molecule has 2 rings (SSSR count). The van der Waals surface area contributed by atoms with Crippen LogP contribution in [0.4, 0.5) is 0 Å². The van der Waals surface area contributed by atoms with Crippen LogP contribution in [0.15, 0.2) is 46.3 Å². The quantitative estimate of drug-likeness (QED) is 0.797. The summed E-state index contributed by atoms with van der Waals surface area (Å²) in [5.74, 6) is -1.14. The molecule has 1 N–H and O–H groups in total. The molecule has 1 aromatic heterocycles. The van der Waals surface area contributed by atoms with Crippen molar-refractivity contribution < 1.29 is 14.7 Å². The number of aryl methyl sites for hydroxylation is 1. The Hall–Kier alpha value is -1.66. The van der Waals surface area contributed by atoms with Crippen molar-refractivity contribution in [3.63, 3.8) is 0 Å². The Morgan fingerprint density at radius 2 is 1.95 bits per heavy atom. The third-order valence-electron chi connectivity index (χ3n) is 3.10. The van der Waals surface area contributed by atoms with Crippen LogP contribution < -0.4 is 0 Å². The molecule has 0 atom stereocenters. The summed E-state index contributed by atoms with van der Waals surface area (Å²) < 4.78 is 1.01. The largest absolute Gasteiger partial charge is 0.480 e. The molecule has 1 amide bonds. The Labute approximate surface area is 141 Å². The summed E-state index contributed by atoms with van der Waals surface area (Å²) in [6.45, 7) is 0.0436. The monoisotopic (exact) mass is 381 g/mol. The van der Waals surface area contributed by atoms with Crippen molar-refractivity contribution in [3.05, 3.63) is 56.7 Å². The molecular formula is C16H16BrNO3S. The smallest absolute Gasteiger partial charge is 0.323 e. The Morgan fingerprint density at radius 3 is 2.55 bits per heavy atom. The molecule has 22 heavy (non-hydrogen) atoms. The van der Waals surface area contributed by atoms with Crippen molar-refractivity contribution in [1.29, 1.82) is 0 Å². The lowest BCUT2D eigenvalue weighted by atomic mass is 10.2. The van der Waals surface area contributed by atoms with Crippen molar-refractivity contribution in [1.82, 2.24) is 4.90 Å². The molecule has 6 heteroatoms. The van der Waals surface area contributed by atoms with Crippen molar-refractivity contribution in [3.8, 4) is 0 Å². The van der Waals surface area contributed by atoms with Gasteiger partial charge >= 0.3 is 5.97 Å². The molecule has 1 aromatic carbocycles. The number of hydrogen-bond donors (Lipinski definition) is 1. The molecule has 0 bridgehead atoms. The fourth-order valence-corrected chi connectivity index (χ4v) is 3.53. The van der Waals surface area contributed by atoms with E-state index in [4.69, 9.17) is 5.11 Å². The van der Waals surface area contributed by atoms with Crippen molar-refractivity contribution in [2.45, 2.75) is 19.4 Å². The van der Waals surface area contributed by atoms with Gasteiger partial charge in [0.15, 0.2) is 0 Å². The molecule has 0 aliphatic heterocycles. The second-order valence-corrected chi connectivity index (χ2v) is 6.77. The van der Waals surface area contributed by atoms with Gasteiger partial charge in [-0.1, -0.05) is 30.3 Å². The topological polar surface area (TPSA) is 57.6 Å². The van der Waals surface area contributed by atoms with Gasteiger partial charge in [-0.25, -0.2) is 0 Å². The minimum Gasteiger partial charge on any atom is -0.480 e. The zero-order chi connectivity index (χ0) is 15.9. The van der Waals surface area contributed by atoms with Crippen molar-refractivity contribution in [2.75, 3.05) is 6.54 Å². The van der Waals surface area contributed by atoms with Gasteiger partial charge in [0.25, 0.3) is 0 Å². The van der Waals surface area contributed by atoms with Gasteiger partial charge in [-0.15, -0.1) is 11.3 Å². The lowest BCUT2D eigenvalue weighted by Crippen LogP contribution is -2.35. The third kappa shape index (κ3) is 5.27. The maximum Gasteiger partial charge on any atom is 0.323 e. The number of carboxylic acid groups (broad SMARTS) is 1. The molecule has 2 aromatic rings. The van der Waals surface area contributed by atoms with E-state index in [0.717, 1.165) is 14.9 Å². The van der Waals surface area contributed by atoms with Crippen LogP contribution in [0.2, 0.25) is 0 Å². The predicted octanol–water partition coefficient (Wildman–Crippen LogP) is 3.56. The molecule has 4 nitrogen and oxygen atoms in total. The van der Waals surface area contributed by atoms with Crippen LogP contribution in [0.1, 0.15) is 16.9 Å². The van der Waals surface area contributed by atoms with E-state index >= 15 is 0 Å². The predicted molar refractivity (Wildman–Crippen MR) is 89.8 cm³/mol. The van der Waals surface area contributed by atoms with Gasteiger partial charge in [-0.2, -0.15) is 0 Å². The van der Waals surface area contributed by atoms with E-state index in [0.29, 0.717) is 19.4 Å². The molecule has 0 aliphatic rings. The molecule has 0 unspecified atom stereocenters. The lowest BCUT2D eigenvalue weighted by Gasteiger charge is -2.20. The zero-order valence-electron chi connectivity index (χ0n) is 11.9. The normalized spacial score (nSPS) is 10.4. The highest BCUT2D eigenvalue weighted by Crippen LogP contribution is 2.21. The summed E-state index contributed by atoms with van der Waals surface area (Å²) in [5, 5.41) is 11.0. The van der Waals surface area contributed by atoms with Crippen LogP contribution in [-0.4, -0.2) is 28.4 Å². The summed E-state index contributed by atoms with van der Waals surface area (Å²) >= 11 is 4.97.